The molecule has 0 fully saturated rings. The Kier molecular flexibility index (Phi) is 5.83. The molecule has 1 aromatic rings. The predicted octanol–water partition coefficient (Wildman–Crippen LogP) is 2.33. The molecule has 0 radical (unpaired) electrons. The lowest BCUT2D eigenvalue weighted by molar-refractivity contribution is -0.155. The van der Waals surface area contributed by atoms with Crippen molar-refractivity contribution in [1.82, 2.24) is 0 Å². The van der Waals surface area contributed by atoms with E-state index >= 15 is 0 Å². The Labute approximate surface area is 114 Å². The first kappa shape index (κ1) is 15.5. The molecule has 0 saturated heterocycles. The van der Waals surface area contributed by atoms with Crippen LogP contribution in [0.1, 0.15) is 32.8 Å². The smallest absolute Gasteiger partial charge is 0.309 e. The molecule has 0 bridgehead atoms. The van der Waals surface area contributed by atoms with Crippen molar-refractivity contribution in [1.29, 1.82) is 0 Å². The van der Waals surface area contributed by atoms with Gasteiger partial charge in [-0.25, -0.2) is 0 Å². The summed E-state index contributed by atoms with van der Waals surface area (Å²) in [7, 11) is 0. The van der Waals surface area contributed by atoms with E-state index in [1.807, 2.05) is 45.0 Å². The Balaban J connectivity index is 2.43. The second-order valence-corrected chi connectivity index (χ2v) is 5.27. The zero-order valence-corrected chi connectivity index (χ0v) is 11.8. The van der Waals surface area contributed by atoms with Crippen molar-refractivity contribution in [2.24, 2.45) is 0 Å². The van der Waals surface area contributed by atoms with Crippen LogP contribution in [0.3, 0.4) is 0 Å². The Bertz CT molecular complexity index is 407. The molecule has 106 valence electrons. The minimum atomic E-state index is -0.466. The molecular weight excluding hydrogens is 244 g/mol. The summed E-state index contributed by atoms with van der Waals surface area (Å²) in [5.74, 6) is 0.437. The number of esters is 1. The number of carbonyl (C=O) groups excluding carboxylic acids is 1. The lowest BCUT2D eigenvalue weighted by atomic mass is 10.1. The third kappa shape index (κ3) is 6.25. The van der Waals surface area contributed by atoms with Gasteiger partial charge in [-0.2, -0.15) is 0 Å². The number of rotatable bonds is 6. The summed E-state index contributed by atoms with van der Waals surface area (Å²) in [5, 5.41) is 8.96. The lowest BCUT2D eigenvalue weighted by Gasteiger charge is -2.19. The van der Waals surface area contributed by atoms with Gasteiger partial charge in [0.05, 0.1) is 13.0 Å². The number of hydrogen-bond donors (Lipinski definition) is 1. The number of carbonyl (C=O) groups is 1. The zero-order chi connectivity index (χ0) is 14.3. The van der Waals surface area contributed by atoms with Crippen LogP contribution >= 0.6 is 0 Å². The molecule has 19 heavy (non-hydrogen) atoms. The highest BCUT2D eigenvalue weighted by Gasteiger charge is 2.16. The van der Waals surface area contributed by atoms with Crippen molar-refractivity contribution >= 4 is 5.97 Å². The van der Waals surface area contributed by atoms with Crippen LogP contribution in [0.25, 0.3) is 0 Å². The first-order valence-electron chi connectivity index (χ1n) is 6.46. The summed E-state index contributed by atoms with van der Waals surface area (Å²) in [6, 6.07) is 7.49. The summed E-state index contributed by atoms with van der Waals surface area (Å²) in [6.45, 7) is 5.86. The number of hydrogen-bond acceptors (Lipinski definition) is 4. The zero-order valence-electron chi connectivity index (χ0n) is 11.8. The van der Waals surface area contributed by atoms with Crippen molar-refractivity contribution in [3.8, 4) is 5.75 Å². The number of para-hydroxylation sites is 1. The van der Waals surface area contributed by atoms with Gasteiger partial charge in [0.1, 0.15) is 11.4 Å². The van der Waals surface area contributed by atoms with E-state index in [2.05, 4.69) is 0 Å². The molecule has 4 heteroatoms. The van der Waals surface area contributed by atoms with Crippen molar-refractivity contribution < 1.29 is 19.4 Å². The standard InChI is InChI=1S/C15H22O4/c1-15(2,3)19-14(17)9-11-18-13-7-5-4-6-12(13)8-10-16/h4-7,16H,8-11H2,1-3H3. The molecule has 0 aliphatic rings. The molecule has 0 aliphatic heterocycles. The van der Waals surface area contributed by atoms with E-state index in [0.717, 1.165) is 5.56 Å². The topological polar surface area (TPSA) is 55.8 Å². The number of benzene rings is 1. The highest BCUT2D eigenvalue weighted by molar-refractivity contribution is 5.70. The van der Waals surface area contributed by atoms with Crippen LogP contribution in [0, 0.1) is 0 Å². The molecule has 0 unspecified atom stereocenters. The fourth-order valence-corrected chi connectivity index (χ4v) is 1.61. The van der Waals surface area contributed by atoms with E-state index in [4.69, 9.17) is 14.6 Å². The SMILES string of the molecule is CC(C)(C)OC(=O)CCOc1ccccc1CCO. The molecule has 1 rings (SSSR count). The maximum atomic E-state index is 11.5. The third-order valence-corrected chi connectivity index (χ3v) is 2.34. The van der Waals surface area contributed by atoms with Gasteiger partial charge in [0, 0.05) is 6.61 Å². The maximum absolute atomic E-state index is 11.5. The van der Waals surface area contributed by atoms with E-state index in [1.54, 1.807) is 0 Å². The van der Waals surface area contributed by atoms with Crippen LogP contribution < -0.4 is 4.74 Å². The molecule has 0 atom stereocenters. The quantitative estimate of drug-likeness (QED) is 0.803. The summed E-state index contributed by atoms with van der Waals surface area (Å²) in [4.78, 5) is 11.5. The lowest BCUT2D eigenvalue weighted by Crippen LogP contribution is -2.24. The monoisotopic (exact) mass is 266 g/mol. The molecule has 0 aliphatic carbocycles. The minimum absolute atomic E-state index is 0.0758. The fraction of sp³-hybridized carbons (Fsp3) is 0.533. The predicted molar refractivity (Wildman–Crippen MR) is 73.2 cm³/mol. The van der Waals surface area contributed by atoms with Crippen molar-refractivity contribution in [3.05, 3.63) is 29.8 Å². The highest BCUT2D eigenvalue weighted by Crippen LogP contribution is 2.18. The number of ether oxygens (including phenoxy) is 2. The normalized spacial score (nSPS) is 11.2. The van der Waals surface area contributed by atoms with Gasteiger partial charge in [-0.15, -0.1) is 0 Å². The molecule has 0 spiro atoms. The summed E-state index contributed by atoms with van der Waals surface area (Å²) in [6.07, 6.45) is 0.757. The molecule has 0 saturated carbocycles. The van der Waals surface area contributed by atoms with E-state index < -0.39 is 5.60 Å². The molecule has 0 aromatic heterocycles. The van der Waals surface area contributed by atoms with Crippen molar-refractivity contribution in [2.75, 3.05) is 13.2 Å². The summed E-state index contributed by atoms with van der Waals surface area (Å²) >= 11 is 0. The largest absolute Gasteiger partial charge is 0.493 e. The Morgan fingerprint density at radius 2 is 1.95 bits per heavy atom. The van der Waals surface area contributed by atoms with Crippen molar-refractivity contribution in [2.45, 2.75) is 39.2 Å². The van der Waals surface area contributed by atoms with E-state index in [1.165, 1.54) is 0 Å². The maximum Gasteiger partial charge on any atom is 0.309 e. The molecule has 1 aromatic carbocycles. The summed E-state index contributed by atoms with van der Waals surface area (Å²) in [5.41, 5.74) is 0.473. The first-order valence-corrected chi connectivity index (χ1v) is 6.46. The number of aliphatic hydroxyl groups is 1. The average molecular weight is 266 g/mol. The average Bonchev–Trinajstić information content (AvgIpc) is 2.29. The minimum Gasteiger partial charge on any atom is -0.493 e. The first-order chi connectivity index (χ1) is 8.92. The van der Waals surface area contributed by atoms with Gasteiger partial charge in [0.15, 0.2) is 0 Å². The van der Waals surface area contributed by atoms with Gasteiger partial charge >= 0.3 is 5.97 Å². The molecule has 4 nitrogen and oxygen atoms in total. The van der Waals surface area contributed by atoms with Crippen LogP contribution in [0.15, 0.2) is 24.3 Å². The van der Waals surface area contributed by atoms with Gasteiger partial charge in [0.25, 0.3) is 0 Å². The second-order valence-electron chi connectivity index (χ2n) is 5.27. The Morgan fingerprint density at radius 3 is 2.58 bits per heavy atom. The van der Waals surface area contributed by atoms with Gasteiger partial charge in [-0.1, -0.05) is 18.2 Å². The van der Waals surface area contributed by atoms with Crippen LogP contribution in [0.2, 0.25) is 0 Å². The highest BCUT2D eigenvalue weighted by atomic mass is 16.6. The van der Waals surface area contributed by atoms with Crippen LogP contribution in [-0.4, -0.2) is 29.9 Å². The summed E-state index contributed by atoms with van der Waals surface area (Å²) < 4.78 is 10.8. The Hall–Kier alpha value is -1.55. The third-order valence-electron chi connectivity index (χ3n) is 2.34. The number of aliphatic hydroxyl groups excluding tert-OH is 1. The second kappa shape index (κ2) is 7.14. The van der Waals surface area contributed by atoms with E-state index in [-0.39, 0.29) is 25.6 Å². The van der Waals surface area contributed by atoms with Gasteiger partial charge in [-0.05, 0) is 38.8 Å². The van der Waals surface area contributed by atoms with Crippen LogP contribution in [0.5, 0.6) is 5.75 Å². The van der Waals surface area contributed by atoms with Crippen LogP contribution in [0.4, 0.5) is 0 Å². The fourth-order valence-electron chi connectivity index (χ4n) is 1.61. The molecule has 0 amide bonds. The van der Waals surface area contributed by atoms with Gasteiger partial charge < -0.3 is 14.6 Å². The van der Waals surface area contributed by atoms with Crippen LogP contribution in [-0.2, 0) is 16.0 Å². The molecular formula is C15H22O4. The van der Waals surface area contributed by atoms with Crippen molar-refractivity contribution in [3.63, 3.8) is 0 Å². The molecule has 1 N–H and O–H groups in total. The Morgan fingerprint density at radius 1 is 1.26 bits per heavy atom. The van der Waals surface area contributed by atoms with E-state index in [0.29, 0.717) is 12.2 Å². The molecule has 0 heterocycles. The van der Waals surface area contributed by atoms with Gasteiger partial charge in [0.2, 0.25) is 0 Å². The van der Waals surface area contributed by atoms with E-state index in [9.17, 15) is 4.79 Å². The van der Waals surface area contributed by atoms with Gasteiger partial charge in [-0.3, -0.25) is 4.79 Å².